The lowest BCUT2D eigenvalue weighted by molar-refractivity contribution is -0.135. The van der Waals surface area contributed by atoms with Crippen LogP contribution in [0.3, 0.4) is 0 Å². The van der Waals surface area contributed by atoms with Gasteiger partial charge in [-0.3, -0.25) is 4.79 Å². The van der Waals surface area contributed by atoms with Gasteiger partial charge in [-0.05, 0) is 38.3 Å². The number of benzene rings is 2. The van der Waals surface area contributed by atoms with Crippen LogP contribution < -0.4 is 4.74 Å². The normalized spacial score (nSPS) is 14.6. The summed E-state index contributed by atoms with van der Waals surface area (Å²) >= 11 is 0. The summed E-state index contributed by atoms with van der Waals surface area (Å²) in [6, 6.07) is 11.3. The fourth-order valence-corrected chi connectivity index (χ4v) is 3.24. The molecule has 1 heterocycles. The van der Waals surface area contributed by atoms with Crippen LogP contribution in [0.5, 0.6) is 5.75 Å². The number of amides is 2. The second-order valence-electron chi connectivity index (χ2n) is 7.98. The zero-order valence-electron chi connectivity index (χ0n) is 17.1. The van der Waals surface area contributed by atoms with Gasteiger partial charge >= 0.3 is 6.09 Å². The van der Waals surface area contributed by atoms with Crippen molar-refractivity contribution < 1.29 is 19.1 Å². The van der Waals surface area contributed by atoms with E-state index in [9.17, 15) is 9.59 Å². The Balaban J connectivity index is 1.57. The number of rotatable bonds is 4. The number of hydrogen-bond acceptors (Lipinski definition) is 5. The third-order valence-electron chi connectivity index (χ3n) is 4.71. The van der Waals surface area contributed by atoms with Gasteiger partial charge in [-0.25, -0.2) is 4.79 Å². The highest BCUT2D eigenvalue weighted by atomic mass is 16.6. The van der Waals surface area contributed by atoms with Gasteiger partial charge in [-0.2, -0.15) is 0 Å². The molecule has 29 heavy (non-hydrogen) atoms. The molecule has 7 nitrogen and oxygen atoms in total. The summed E-state index contributed by atoms with van der Waals surface area (Å²) in [5.74, 6) is 0.501. The molecule has 3 rings (SSSR count). The summed E-state index contributed by atoms with van der Waals surface area (Å²) < 4.78 is 11.2. The maximum atomic E-state index is 12.6. The van der Waals surface area contributed by atoms with Crippen molar-refractivity contribution in [2.24, 2.45) is 0 Å². The molecule has 1 aliphatic heterocycles. The lowest BCUT2D eigenvalue weighted by Gasteiger charge is -2.35. The SMILES string of the molecule is CC(C)(C)OC(=O)N1CCN(C(=O)COc2ccc(C=N)c3ccccc23)CC1. The van der Waals surface area contributed by atoms with Crippen LogP contribution >= 0.6 is 0 Å². The first kappa shape index (κ1) is 20.6. The third-order valence-corrected chi connectivity index (χ3v) is 4.71. The first-order valence-corrected chi connectivity index (χ1v) is 9.69. The molecule has 2 aromatic carbocycles. The molecule has 0 unspecified atom stereocenters. The second-order valence-corrected chi connectivity index (χ2v) is 7.98. The standard InChI is InChI=1S/C22H27N3O4/c1-22(2,3)29-21(27)25-12-10-24(11-13-25)20(26)15-28-19-9-8-16(14-23)17-6-4-5-7-18(17)19/h4-9,14,23H,10-13,15H2,1-3H3. The predicted molar refractivity (Wildman–Crippen MR) is 112 cm³/mol. The fraction of sp³-hybridized carbons (Fsp3) is 0.409. The van der Waals surface area contributed by atoms with E-state index in [1.807, 2.05) is 51.1 Å². The van der Waals surface area contributed by atoms with E-state index >= 15 is 0 Å². The minimum absolute atomic E-state index is 0.0691. The van der Waals surface area contributed by atoms with E-state index in [1.54, 1.807) is 15.9 Å². The van der Waals surface area contributed by atoms with Crippen molar-refractivity contribution in [1.29, 1.82) is 5.41 Å². The van der Waals surface area contributed by atoms with Gasteiger partial charge in [0.15, 0.2) is 6.61 Å². The average Bonchev–Trinajstić information content (AvgIpc) is 2.70. The zero-order chi connectivity index (χ0) is 21.0. The Kier molecular flexibility index (Phi) is 6.06. The Morgan fingerprint density at radius 1 is 1.00 bits per heavy atom. The Labute approximate surface area is 170 Å². The van der Waals surface area contributed by atoms with Gasteiger partial charge in [0.25, 0.3) is 5.91 Å². The maximum Gasteiger partial charge on any atom is 0.410 e. The van der Waals surface area contributed by atoms with Crippen molar-refractivity contribution in [1.82, 2.24) is 9.80 Å². The number of ether oxygens (including phenoxy) is 2. The van der Waals surface area contributed by atoms with Crippen LogP contribution in [0.25, 0.3) is 10.8 Å². The molecule has 154 valence electrons. The van der Waals surface area contributed by atoms with E-state index in [-0.39, 0.29) is 18.6 Å². The van der Waals surface area contributed by atoms with Gasteiger partial charge < -0.3 is 24.7 Å². The number of carbonyl (C=O) groups is 2. The van der Waals surface area contributed by atoms with Crippen molar-refractivity contribution in [3.8, 4) is 5.75 Å². The monoisotopic (exact) mass is 397 g/mol. The minimum atomic E-state index is -0.534. The molecule has 7 heteroatoms. The fourth-order valence-electron chi connectivity index (χ4n) is 3.24. The number of carbonyl (C=O) groups excluding carboxylic acids is 2. The van der Waals surface area contributed by atoms with Crippen molar-refractivity contribution in [2.45, 2.75) is 26.4 Å². The highest BCUT2D eigenvalue weighted by molar-refractivity contribution is 6.01. The molecule has 2 amide bonds. The van der Waals surface area contributed by atoms with Crippen molar-refractivity contribution in [3.05, 3.63) is 42.0 Å². The summed E-state index contributed by atoms with van der Waals surface area (Å²) in [6.45, 7) is 7.22. The van der Waals surface area contributed by atoms with Gasteiger partial charge in [0.1, 0.15) is 11.4 Å². The predicted octanol–water partition coefficient (Wildman–Crippen LogP) is 3.30. The highest BCUT2D eigenvalue weighted by Gasteiger charge is 2.27. The summed E-state index contributed by atoms with van der Waals surface area (Å²) in [5, 5.41) is 9.32. The Hall–Kier alpha value is -3.09. The van der Waals surface area contributed by atoms with Gasteiger partial charge in [0.05, 0.1) is 0 Å². The lowest BCUT2D eigenvalue weighted by Crippen LogP contribution is -2.52. The molecular weight excluding hydrogens is 370 g/mol. The first-order chi connectivity index (χ1) is 13.8. The molecule has 1 fully saturated rings. The van der Waals surface area contributed by atoms with Gasteiger partial charge in [-0.1, -0.05) is 24.3 Å². The quantitative estimate of drug-likeness (QED) is 0.803. The number of fused-ring (bicyclic) bond motifs is 1. The molecule has 1 saturated heterocycles. The van der Waals surface area contributed by atoms with Crippen LogP contribution in [0.4, 0.5) is 4.79 Å². The molecule has 0 saturated carbocycles. The Morgan fingerprint density at radius 2 is 1.62 bits per heavy atom. The van der Waals surface area contributed by atoms with Crippen LogP contribution in [0.1, 0.15) is 26.3 Å². The average molecular weight is 397 g/mol. The number of piperazine rings is 1. The first-order valence-electron chi connectivity index (χ1n) is 9.69. The Bertz CT molecular complexity index is 912. The van der Waals surface area contributed by atoms with Crippen LogP contribution in [0, 0.1) is 5.41 Å². The van der Waals surface area contributed by atoms with Crippen LogP contribution in [-0.2, 0) is 9.53 Å². The molecular formula is C22H27N3O4. The molecule has 0 atom stereocenters. The second kappa shape index (κ2) is 8.51. The topological polar surface area (TPSA) is 82.9 Å². The van der Waals surface area contributed by atoms with Crippen LogP contribution in [0.2, 0.25) is 0 Å². The van der Waals surface area contributed by atoms with Gasteiger partial charge in [0, 0.05) is 43.3 Å². The maximum absolute atomic E-state index is 12.6. The molecule has 0 aromatic heterocycles. The molecule has 0 bridgehead atoms. The van der Waals surface area contributed by atoms with Gasteiger partial charge in [0.2, 0.25) is 0 Å². The summed E-state index contributed by atoms with van der Waals surface area (Å²) in [4.78, 5) is 28.0. The molecule has 0 radical (unpaired) electrons. The number of nitrogens with one attached hydrogen (secondary N) is 1. The smallest absolute Gasteiger partial charge is 0.410 e. The Morgan fingerprint density at radius 3 is 2.24 bits per heavy atom. The van der Waals surface area contributed by atoms with Crippen LogP contribution in [0.15, 0.2) is 36.4 Å². The van der Waals surface area contributed by atoms with Gasteiger partial charge in [-0.15, -0.1) is 0 Å². The highest BCUT2D eigenvalue weighted by Crippen LogP contribution is 2.28. The molecule has 1 N–H and O–H groups in total. The minimum Gasteiger partial charge on any atom is -0.483 e. The molecule has 2 aromatic rings. The number of hydrogen-bond donors (Lipinski definition) is 1. The summed E-state index contributed by atoms with van der Waals surface area (Å²) in [5.41, 5.74) is 0.269. The summed E-state index contributed by atoms with van der Waals surface area (Å²) in [6.07, 6.45) is 0.958. The zero-order valence-corrected chi connectivity index (χ0v) is 17.1. The lowest BCUT2D eigenvalue weighted by atomic mass is 10.0. The van der Waals surface area contributed by atoms with Crippen molar-refractivity contribution in [3.63, 3.8) is 0 Å². The van der Waals surface area contributed by atoms with Crippen molar-refractivity contribution in [2.75, 3.05) is 32.8 Å². The molecule has 1 aliphatic rings. The van der Waals surface area contributed by atoms with E-state index in [0.29, 0.717) is 31.9 Å². The third kappa shape index (κ3) is 5.04. The summed E-state index contributed by atoms with van der Waals surface area (Å²) in [7, 11) is 0. The van der Waals surface area contributed by atoms with Crippen molar-refractivity contribution >= 4 is 29.0 Å². The number of nitrogens with zero attached hydrogens (tertiary/aromatic N) is 2. The molecule has 0 aliphatic carbocycles. The molecule has 0 spiro atoms. The van der Waals surface area contributed by atoms with E-state index in [1.165, 1.54) is 6.21 Å². The van der Waals surface area contributed by atoms with E-state index in [2.05, 4.69) is 0 Å². The van der Waals surface area contributed by atoms with E-state index < -0.39 is 5.60 Å². The van der Waals surface area contributed by atoms with Crippen LogP contribution in [-0.4, -0.2) is 66.4 Å². The van der Waals surface area contributed by atoms with E-state index in [0.717, 1.165) is 16.3 Å². The van der Waals surface area contributed by atoms with E-state index in [4.69, 9.17) is 14.9 Å². The largest absolute Gasteiger partial charge is 0.483 e.